The molecule has 1 heterocycles. The van der Waals surface area contributed by atoms with Crippen LogP contribution < -0.4 is 5.32 Å². The zero-order chi connectivity index (χ0) is 15.0. The molecule has 1 atom stereocenters. The first-order valence-electron chi connectivity index (χ1n) is 7.14. The van der Waals surface area contributed by atoms with Crippen LogP contribution in [0.3, 0.4) is 0 Å². The monoisotopic (exact) mass is 391 g/mol. The molecule has 1 fully saturated rings. The fourth-order valence-electron chi connectivity index (χ4n) is 2.13. The van der Waals surface area contributed by atoms with E-state index < -0.39 is 0 Å². The summed E-state index contributed by atoms with van der Waals surface area (Å²) in [4.78, 5) is 36.2. The van der Waals surface area contributed by atoms with E-state index in [1.165, 1.54) is 4.90 Å². The highest BCUT2D eigenvalue weighted by Crippen LogP contribution is 2.25. The van der Waals surface area contributed by atoms with Crippen molar-refractivity contribution in [3.8, 4) is 0 Å². The lowest BCUT2D eigenvalue weighted by Gasteiger charge is -2.14. The van der Waals surface area contributed by atoms with Crippen molar-refractivity contribution in [2.75, 3.05) is 13.1 Å². The maximum atomic E-state index is 11.8. The Labute approximate surface area is 134 Å². The van der Waals surface area contributed by atoms with Crippen molar-refractivity contribution in [1.82, 2.24) is 10.2 Å². The number of hydrogen-bond acceptors (Lipinski definition) is 3. The minimum Gasteiger partial charge on any atom is -0.356 e. The lowest BCUT2D eigenvalue weighted by atomic mass is 9.86. The zero-order valence-electron chi connectivity index (χ0n) is 11.9. The Bertz CT molecular complexity index is 366. The molecule has 0 saturated carbocycles. The molecule has 1 rings (SSSR count). The van der Waals surface area contributed by atoms with Crippen LogP contribution in [0.5, 0.6) is 0 Å². The van der Waals surface area contributed by atoms with Gasteiger partial charge in [0.2, 0.25) is 22.9 Å². The second kappa shape index (κ2) is 9.36. The number of carbonyl (C=O) groups excluding carboxylic acids is 3. The van der Waals surface area contributed by atoms with E-state index in [4.69, 9.17) is 0 Å². The van der Waals surface area contributed by atoms with E-state index in [2.05, 4.69) is 5.32 Å². The molecule has 1 unspecified atom stereocenters. The number of halogens is 1. The maximum Gasteiger partial charge on any atom is 0.229 e. The third-order valence-corrected chi connectivity index (χ3v) is 4.16. The topological polar surface area (TPSA) is 66.5 Å². The lowest BCUT2D eigenvalue weighted by Crippen LogP contribution is -2.31. The van der Waals surface area contributed by atoms with Gasteiger partial charge in [0.15, 0.2) is 0 Å². The van der Waals surface area contributed by atoms with E-state index in [-0.39, 0.29) is 23.5 Å². The molecule has 3 amide bonds. The Balaban J connectivity index is 2.14. The Morgan fingerprint density at radius 3 is 2.75 bits per heavy atom. The summed E-state index contributed by atoms with van der Waals surface area (Å²) < 4.78 is 0. The van der Waals surface area contributed by atoms with Crippen LogP contribution >= 0.6 is 22.4 Å². The number of amides is 3. The van der Waals surface area contributed by atoms with E-state index in [1.54, 1.807) is 5.14 Å². The smallest absolute Gasteiger partial charge is 0.229 e. The summed E-state index contributed by atoms with van der Waals surface area (Å²) >= 11 is 2.02. The predicted molar refractivity (Wildman–Crippen MR) is 86.6 cm³/mol. The number of imide groups is 1. The largest absolute Gasteiger partial charge is 0.356 e. The molecule has 1 aliphatic heterocycles. The molecule has 0 spiro atoms. The van der Waals surface area contributed by atoms with Crippen LogP contribution in [-0.2, 0) is 14.4 Å². The van der Waals surface area contributed by atoms with Gasteiger partial charge in [0.1, 0.15) is 0 Å². The molecule has 0 aromatic heterocycles. The van der Waals surface area contributed by atoms with Crippen LogP contribution in [0.2, 0.25) is 5.82 Å². The number of nitrogens with zero attached hydrogens (tertiary/aromatic N) is 1. The van der Waals surface area contributed by atoms with Crippen LogP contribution in [0.25, 0.3) is 0 Å². The molecule has 20 heavy (non-hydrogen) atoms. The molecule has 1 aliphatic rings. The van der Waals surface area contributed by atoms with Crippen molar-refractivity contribution >= 4 is 45.2 Å². The normalized spacial score (nSPS) is 18.5. The summed E-state index contributed by atoms with van der Waals surface area (Å²) in [5.41, 5.74) is 0. The minimum atomic E-state index is -0.247. The van der Waals surface area contributed by atoms with Gasteiger partial charge in [-0.2, -0.15) is 22.4 Å². The fraction of sp³-hybridized carbons (Fsp3) is 0.769. The molecule has 1 radical (unpaired) electrons. The van der Waals surface area contributed by atoms with Gasteiger partial charge in [0, 0.05) is 31.7 Å². The van der Waals surface area contributed by atoms with Gasteiger partial charge in [-0.25, -0.2) is 0 Å². The molecule has 5 nitrogen and oxygen atoms in total. The molecule has 1 saturated heterocycles. The molecule has 0 aromatic rings. The standard InChI is InChI=1S/C13H21BIN2O3/c1-2-7-16-11(18)6-4-3-5-8-17-12(19)9-10(14-15)13(17)20/h10H,2-9H2,1H3,(H,16,18). The summed E-state index contributed by atoms with van der Waals surface area (Å²) in [6.07, 6.45) is 4.20. The first-order valence-corrected chi connectivity index (χ1v) is 8.39. The Morgan fingerprint density at radius 2 is 2.15 bits per heavy atom. The first kappa shape index (κ1) is 17.5. The van der Waals surface area contributed by atoms with Crippen molar-refractivity contribution in [3.05, 3.63) is 0 Å². The molecule has 7 heteroatoms. The third-order valence-electron chi connectivity index (χ3n) is 3.29. The van der Waals surface area contributed by atoms with Gasteiger partial charge in [0.05, 0.1) is 0 Å². The Kier molecular flexibility index (Phi) is 8.17. The number of nitrogens with one attached hydrogen (secondary N) is 1. The number of likely N-dealkylation sites (tertiary alicyclic amines) is 1. The Hall–Kier alpha value is -0.595. The minimum absolute atomic E-state index is 0.0754. The zero-order valence-corrected chi connectivity index (χ0v) is 14.0. The average molecular weight is 391 g/mol. The van der Waals surface area contributed by atoms with Crippen LogP contribution in [-0.4, -0.2) is 40.8 Å². The van der Waals surface area contributed by atoms with Crippen molar-refractivity contribution < 1.29 is 14.4 Å². The molecular weight excluding hydrogens is 370 g/mol. The van der Waals surface area contributed by atoms with Crippen LogP contribution in [0.15, 0.2) is 0 Å². The van der Waals surface area contributed by atoms with E-state index in [0.717, 1.165) is 32.2 Å². The molecule has 0 bridgehead atoms. The predicted octanol–water partition coefficient (Wildman–Crippen LogP) is 1.67. The van der Waals surface area contributed by atoms with E-state index in [0.29, 0.717) is 19.4 Å². The number of carbonyl (C=O) groups is 3. The second-order valence-electron chi connectivity index (χ2n) is 4.98. The molecule has 1 N–H and O–H groups in total. The van der Waals surface area contributed by atoms with Crippen LogP contribution in [0, 0.1) is 0 Å². The van der Waals surface area contributed by atoms with E-state index in [9.17, 15) is 14.4 Å². The van der Waals surface area contributed by atoms with Gasteiger partial charge in [-0.1, -0.05) is 13.3 Å². The van der Waals surface area contributed by atoms with Crippen molar-refractivity contribution in [1.29, 1.82) is 0 Å². The quantitative estimate of drug-likeness (QED) is 0.282. The van der Waals surface area contributed by atoms with E-state index in [1.807, 2.05) is 29.3 Å². The molecule has 0 aromatic carbocycles. The molecule has 0 aliphatic carbocycles. The van der Waals surface area contributed by atoms with E-state index >= 15 is 0 Å². The van der Waals surface area contributed by atoms with Gasteiger partial charge in [-0.3, -0.25) is 19.3 Å². The SMILES string of the molecule is CCCNC(=O)CCCCCN1C(=O)CC([B]I)C1=O. The maximum absolute atomic E-state index is 11.8. The number of rotatable bonds is 9. The van der Waals surface area contributed by atoms with Crippen molar-refractivity contribution in [2.45, 2.75) is 51.3 Å². The first-order chi connectivity index (χ1) is 9.60. The highest BCUT2D eigenvalue weighted by molar-refractivity contribution is 14.1. The lowest BCUT2D eigenvalue weighted by molar-refractivity contribution is -0.138. The van der Waals surface area contributed by atoms with Gasteiger partial charge in [-0.15, -0.1) is 0 Å². The van der Waals surface area contributed by atoms with Gasteiger partial charge < -0.3 is 5.32 Å². The number of hydrogen-bond donors (Lipinski definition) is 1. The Morgan fingerprint density at radius 1 is 1.40 bits per heavy atom. The number of unbranched alkanes of at least 4 members (excludes halogenated alkanes) is 2. The summed E-state index contributed by atoms with van der Waals surface area (Å²) in [5.74, 6) is -0.318. The summed E-state index contributed by atoms with van der Waals surface area (Å²) in [7, 11) is 0. The van der Waals surface area contributed by atoms with Crippen molar-refractivity contribution in [2.24, 2.45) is 0 Å². The fourth-order valence-corrected chi connectivity index (χ4v) is 2.69. The average Bonchev–Trinajstić information content (AvgIpc) is 2.71. The van der Waals surface area contributed by atoms with Gasteiger partial charge in [-0.05, 0) is 19.3 Å². The summed E-state index contributed by atoms with van der Waals surface area (Å²) in [5, 5.41) is 4.59. The van der Waals surface area contributed by atoms with Gasteiger partial charge in [0.25, 0.3) is 0 Å². The van der Waals surface area contributed by atoms with Crippen LogP contribution in [0.4, 0.5) is 0 Å². The summed E-state index contributed by atoms with van der Waals surface area (Å²) in [6.45, 7) is 3.23. The van der Waals surface area contributed by atoms with Gasteiger partial charge >= 0.3 is 0 Å². The third kappa shape index (κ3) is 5.42. The second-order valence-corrected chi connectivity index (χ2v) is 5.70. The molecular formula is C13H21BIN2O3. The van der Waals surface area contributed by atoms with Crippen molar-refractivity contribution in [3.63, 3.8) is 0 Å². The van der Waals surface area contributed by atoms with Crippen LogP contribution in [0.1, 0.15) is 45.4 Å². The summed E-state index contributed by atoms with van der Waals surface area (Å²) in [6, 6.07) is 0. The molecule has 111 valence electrons. The highest BCUT2D eigenvalue weighted by Gasteiger charge is 2.37. The highest BCUT2D eigenvalue weighted by atomic mass is 127.